The second-order valence-corrected chi connectivity index (χ2v) is 9.71. The number of carbonyl (C=O) groups excluding carboxylic acids is 1. The lowest BCUT2D eigenvalue weighted by molar-refractivity contribution is -0.964. The molecule has 4 aliphatic rings. The van der Waals surface area contributed by atoms with Crippen LogP contribution in [0.3, 0.4) is 0 Å². The molecule has 5 rings (SSSR count). The Morgan fingerprint density at radius 1 is 1.11 bits per heavy atom. The first kappa shape index (κ1) is 19.9. The van der Waals surface area contributed by atoms with E-state index in [1.165, 1.54) is 32.4 Å². The highest BCUT2D eigenvalue weighted by Crippen LogP contribution is 2.39. The molecule has 2 bridgehead atoms. The Labute approximate surface area is 170 Å². The van der Waals surface area contributed by atoms with Crippen LogP contribution in [0.5, 0.6) is 0 Å². The van der Waals surface area contributed by atoms with Crippen LogP contribution < -0.4 is 0 Å². The molecular weight excluding hydrogens is 348 g/mol. The third-order valence-electron chi connectivity index (χ3n) is 8.04. The predicted molar refractivity (Wildman–Crippen MR) is 112 cm³/mol. The number of rotatable bonds is 5. The molecule has 0 amide bonds. The SMILES string of the molecule is CC(C)[N+]12CCC(CC1)[C@@H](OC(=O)[C@](C)(c1ccccc1)N1CCCCC1)C2. The number of piperidine rings is 4. The van der Waals surface area contributed by atoms with E-state index in [-0.39, 0.29) is 12.1 Å². The van der Waals surface area contributed by atoms with Crippen LogP contribution in [0.15, 0.2) is 30.3 Å². The molecule has 4 heterocycles. The van der Waals surface area contributed by atoms with Crippen LogP contribution in [-0.4, -0.2) is 60.2 Å². The van der Waals surface area contributed by atoms with Crippen molar-refractivity contribution >= 4 is 5.97 Å². The predicted octanol–water partition coefficient (Wildman–Crippen LogP) is 3.95. The van der Waals surface area contributed by atoms with Crippen LogP contribution in [0, 0.1) is 5.92 Å². The lowest BCUT2D eigenvalue weighted by Gasteiger charge is -2.54. The van der Waals surface area contributed by atoms with Crippen molar-refractivity contribution < 1.29 is 14.0 Å². The summed E-state index contributed by atoms with van der Waals surface area (Å²) in [6.07, 6.45) is 6.05. The van der Waals surface area contributed by atoms with Gasteiger partial charge < -0.3 is 9.22 Å². The summed E-state index contributed by atoms with van der Waals surface area (Å²) in [6, 6.07) is 10.9. The number of esters is 1. The molecule has 1 aromatic carbocycles. The largest absolute Gasteiger partial charge is 0.454 e. The molecule has 4 saturated heterocycles. The van der Waals surface area contributed by atoms with E-state index in [1.807, 2.05) is 18.2 Å². The topological polar surface area (TPSA) is 29.5 Å². The van der Waals surface area contributed by atoms with Crippen molar-refractivity contribution in [1.82, 2.24) is 4.90 Å². The minimum atomic E-state index is -0.684. The Bertz CT molecular complexity index is 675. The maximum absolute atomic E-state index is 13.7. The lowest BCUT2D eigenvalue weighted by atomic mass is 9.81. The van der Waals surface area contributed by atoms with Gasteiger partial charge in [-0.2, -0.15) is 0 Å². The fourth-order valence-corrected chi connectivity index (χ4v) is 5.81. The van der Waals surface area contributed by atoms with E-state index < -0.39 is 5.54 Å². The molecule has 4 aliphatic heterocycles. The molecule has 0 unspecified atom stereocenters. The standard InChI is InChI=1S/C24H37N2O2/c1-19(2)26-16-12-20(13-17-26)22(18-26)28-23(27)24(3,21-10-6-4-7-11-21)25-14-8-5-9-15-25/h4,6-7,10-11,19-20,22H,5,8-9,12-18H2,1-3H3/q+1/t20?,22-,24-,26?/m0/s1. The average molecular weight is 386 g/mol. The molecule has 28 heavy (non-hydrogen) atoms. The quantitative estimate of drug-likeness (QED) is 0.568. The van der Waals surface area contributed by atoms with Gasteiger partial charge in [-0.1, -0.05) is 36.8 Å². The van der Waals surface area contributed by atoms with Crippen molar-refractivity contribution in [2.75, 3.05) is 32.7 Å². The summed E-state index contributed by atoms with van der Waals surface area (Å²) in [5, 5.41) is 0. The van der Waals surface area contributed by atoms with Gasteiger partial charge in [-0.3, -0.25) is 4.90 Å². The molecule has 1 aromatic rings. The van der Waals surface area contributed by atoms with E-state index in [0.29, 0.717) is 12.0 Å². The van der Waals surface area contributed by atoms with Gasteiger partial charge >= 0.3 is 5.97 Å². The second kappa shape index (κ2) is 7.79. The van der Waals surface area contributed by atoms with Crippen molar-refractivity contribution in [3.63, 3.8) is 0 Å². The maximum atomic E-state index is 13.7. The Hall–Kier alpha value is -1.39. The zero-order chi connectivity index (χ0) is 19.8. The first-order valence-corrected chi connectivity index (χ1v) is 11.3. The summed E-state index contributed by atoms with van der Waals surface area (Å²) < 4.78 is 7.50. The fraction of sp³-hybridized carbons (Fsp3) is 0.708. The molecule has 4 heteroatoms. The van der Waals surface area contributed by atoms with Crippen molar-refractivity contribution in [3.05, 3.63) is 35.9 Å². The molecular formula is C24H37N2O2+. The Kier molecular flexibility index (Phi) is 5.54. The van der Waals surface area contributed by atoms with Gasteiger partial charge in [0.25, 0.3) is 0 Å². The number of fused-ring (bicyclic) bond motifs is 3. The average Bonchev–Trinajstić information content (AvgIpc) is 2.75. The summed E-state index contributed by atoms with van der Waals surface area (Å²) >= 11 is 0. The van der Waals surface area contributed by atoms with Crippen molar-refractivity contribution in [2.24, 2.45) is 5.92 Å². The molecule has 4 fully saturated rings. The lowest BCUT2D eigenvalue weighted by Crippen LogP contribution is -2.67. The van der Waals surface area contributed by atoms with E-state index in [1.54, 1.807) is 0 Å². The molecule has 0 spiro atoms. The van der Waals surface area contributed by atoms with Gasteiger partial charge in [0.2, 0.25) is 0 Å². The van der Waals surface area contributed by atoms with Crippen molar-refractivity contribution in [2.45, 2.75) is 70.6 Å². The smallest absolute Gasteiger partial charge is 0.331 e. The van der Waals surface area contributed by atoms with E-state index in [2.05, 4.69) is 37.8 Å². The van der Waals surface area contributed by atoms with Gasteiger partial charge in [-0.25, -0.2) is 4.79 Å². The van der Waals surface area contributed by atoms with Gasteiger partial charge in [0.1, 0.15) is 12.1 Å². The van der Waals surface area contributed by atoms with Crippen molar-refractivity contribution in [3.8, 4) is 0 Å². The number of carbonyl (C=O) groups is 1. The molecule has 4 nitrogen and oxygen atoms in total. The summed E-state index contributed by atoms with van der Waals surface area (Å²) in [6.45, 7) is 12.2. The number of likely N-dealkylation sites (tertiary alicyclic amines) is 1. The number of hydrogen-bond donors (Lipinski definition) is 0. The van der Waals surface area contributed by atoms with Crippen LogP contribution in [0.1, 0.15) is 58.4 Å². The summed E-state index contributed by atoms with van der Waals surface area (Å²) in [7, 11) is 0. The number of nitrogens with zero attached hydrogens (tertiary/aromatic N) is 2. The van der Waals surface area contributed by atoms with Gasteiger partial charge in [0.05, 0.1) is 19.1 Å². The van der Waals surface area contributed by atoms with E-state index in [0.717, 1.165) is 42.5 Å². The third kappa shape index (κ3) is 3.39. The molecule has 154 valence electrons. The highest BCUT2D eigenvalue weighted by Gasteiger charge is 2.51. The van der Waals surface area contributed by atoms with Gasteiger partial charge in [0, 0.05) is 18.8 Å². The molecule has 0 aliphatic carbocycles. The zero-order valence-electron chi connectivity index (χ0n) is 17.9. The van der Waals surface area contributed by atoms with Gasteiger partial charge in [-0.05, 0) is 52.3 Å². The first-order chi connectivity index (χ1) is 13.5. The van der Waals surface area contributed by atoms with Gasteiger partial charge in [0.15, 0.2) is 6.10 Å². The number of ether oxygens (including phenoxy) is 1. The summed E-state index contributed by atoms with van der Waals surface area (Å²) in [4.78, 5) is 16.1. The third-order valence-corrected chi connectivity index (χ3v) is 8.04. The summed E-state index contributed by atoms with van der Waals surface area (Å²) in [5.41, 5.74) is 0.382. The van der Waals surface area contributed by atoms with E-state index in [9.17, 15) is 4.79 Å². The Morgan fingerprint density at radius 3 is 2.36 bits per heavy atom. The number of benzene rings is 1. The number of hydrogen-bond acceptors (Lipinski definition) is 3. The van der Waals surface area contributed by atoms with Crippen LogP contribution in [0.2, 0.25) is 0 Å². The normalized spacial score (nSPS) is 32.9. The Balaban J connectivity index is 1.58. The highest BCUT2D eigenvalue weighted by molar-refractivity contribution is 5.82. The van der Waals surface area contributed by atoms with Crippen molar-refractivity contribution in [1.29, 1.82) is 0 Å². The minimum absolute atomic E-state index is 0.0405. The minimum Gasteiger partial charge on any atom is -0.454 e. The molecule has 0 saturated carbocycles. The summed E-state index contributed by atoms with van der Waals surface area (Å²) in [5.74, 6) is 0.505. The fourth-order valence-electron chi connectivity index (χ4n) is 5.81. The monoisotopic (exact) mass is 385 g/mol. The van der Waals surface area contributed by atoms with Crippen LogP contribution in [0.4, 0.5) is 0 Å². The second-order valence-electron chi connectivity index (χ2n) is 9.71. The molecule has 0 N–H and O–H groups in total. The number of quaternary nitrogens is 1. The zero-order valence-corrected chi connectivity index (χ0v) is 17.9. The Morgan fingerprint density at radius 2 is 1.75 bits per heavy atom. The van der Waals surface area contributed by atoms with Crippen LogP contribution >= 0.6 is 0 Å². The molecule has 0 radical (unpaired) electrons. The van der Waals surface area contributed by atoms with Gasteiger partial charge in [-0.15, -0.1) is 0 Å². The van der Waals surface area contributed by atoms with E-state index in [4.69, 9.17) is 4.74 Å². The highest BCUT2D eigenvalue weighted by atomic mass is 16.5. The first-order valence-electron chi connectivity index (χ1n) is 11.3. The van der Waals surface area contributed by atoms with Crippen LogP contribution in [0.25, 0.3) is 0 Å². The molecule has 0 aromatic heterocycles. The maximum Gasteiger partial charge on any atom is 0.331 e. The van der Waals surface area contributed by atoms with E-state index >= 15 is 0 Å². The van der Waals surface area contributed by atoms with Crippen LogP contribution in [-0.2, 0) is 15.1 Å². The molecule has 2 atom stereocenters.